The zero-order valence-electron chi connectivity index (χ0n) is 48.0. The first-order valence-electron chi connectivity index (χ1n) is 29.5. The van der Waals surface area contributed by atoms with Gasteiger partial charge >= 0.3 is 0 Å². The summed E-state index contributed by atoms with van der Waals surface area (Å²) in [5.74, 6) is -0.339. The number of pyridine rings is 2. The number of hydrogen-bond donors (Lipinski definition) is 1. The fourth-order valence-corrected chi connectivity index (χ4v) is 14.6. The minimum Gasteiger partial charge on any atom is -0.482 e. The van der Waals surface area contributed by atoms with Gasteiger partial charge in [0.2, 0.25) is 10.9 Å². The number of rotatable bonds is 11. The Morgan fingerprint density at radius 3 is 1.49 bits per heavy atom. The van der Waals surface area contributed by atoms with Gasteiger partial charge in [-0.15, -0.1) is 23.2 Å². The monoisotopic (exact) mass is 1200 g/mol. The molecule has 88 heavy (non-hydrogen) atoms. The van der Waals surface area contributed by atoms with Gasteiger partial charge in [-0.3, -0.25) is 33.5 Å². The third-order valence-electron chi connectivity index (χ3n) is 17.6. The zero-order chi connectivity index (χ0) is 60.0. The lowest BCUT2D eigenvalue weighted by Crippen LogP contribution is -2.62. The number of fused-ring (bicyclic) bond motifs is 12. The maximum Gasteiger partial charge on any atom is 0.278 e. The van der Waals surface area contributed by atoms with Crippen LogP contribution in [0, 0.1) is 0 Å². The Morgan fingerprint density at radius 1 is 0.455 bits per heavy atom. The minimum atomic E-state index is -0.649. The summed E-state index contributed by atoms with van der Waals surface area (Å²) in [5.41, 5.74) is 17.2. The largest absolute Gasteiger partial charge is 0.482 e. The van der Waals surface area contributed by atoms with Crippen LogP contribution in [0.15, 0.2) is 258 Å². The van der Waals surface area contributed by atoms with Gasteiger partial charge in [-0.2, -0.15) is 0 Å². The molecule has 436 valence electrons. The van der Waals surface area contributed by atoms with Crippen molar-refractivity contribution in [2.75, 3.05) is 23.8 Å². The zero-order valence-corrected chi connectivity index (χ0v) is 49.5. The SMILES string of the molecule is ClC12Cc3ccccc3C1(Cl)c1ccccc1C2.O=C1c2c(OCc3ccccc3)c(=O)ccn2N(C23C(=Cc4ccccc42)Cc2ccccc23)CN1Cc1ccccc1.O=C1c2c(OCc3ccccc3)c(=O)ccn2NCN1Cc1ccccc1. The van der Waals surface area contributed by atoms with Crippen molar-refractivity contribution in [1.29, 1.82) is 0 Å². The van der Waals surface area contributed by atoms with Crippen LogP contribution in [0.3, 0.4) is 0 Å². The second kappa shape index (κ2) is 23.1. The van der Waals surface area contributed by atoms with E-state index in [1.807, 2.05) is 143 Å². The Hall–Kier alpha value is -9.88. The molecule has 12 nitrogen and oxygen atoms in total. The van der Waals surface area contributed by atoms with Gasteiger partial charge in [0.1, 0.15) is 37.0 Å². The van der Waals surface area contributed by atoms with Gasteiger partial charge < -0.3 is 24.7 Å². The molecule has 1 unspecified atom stereocenters. The Morgan fingerprint density at radius 2 is 0.909 bits per heavy atom. The van der Waals surface area contributed by atoms with Gasteiger partial charge in [0.05, 0.1) is 4.87 Å². The Balaban J connectivity index is 0.000000128. The molecule has 4 aliphatic carbocycles. The van der Waals surface area contributed by atoms with Crippen LogP contribution < -0.4 is 30.8 Å². The predicted molar refractivity (Wildman–Crippen MR) is 344 cm³/mol. The number of hydrogen-bond acceptors (Lipinski definition) is 8. The molecule has 2 aliphatic heterocycles. The first-order valence-corrected chi connectivity index (χ1v) is 30.2. The normalized spacial score (nSPS) is 19.3. The third-order valence-corrected chi connectivity index (χ3v) is 19.0. The quantitative estimate of drug-likeness (QED) is 0.127. The van der Waals surface area contributed by atoms with Crippen molar-refractivity contribution in [3.8, 4) is 11.5 Å². The van der Waals surface area contributed by atoms with Crippen LogP contribution in [0.25, 0.3) is 6.08 Å². The predicted octanol–water partition coefficient (Wildman–Crippen LogP) is 12.7. The van der Waals surface area contributed by atoms with Crippen LogP contribution >= 0.6 is 23.2 Å². The summed E-state index contributed by atoms with van der Waals surface area (Å²) in [6, 6.07) is 75.7. The minimum absolute atomic E-state index is 0.0663. The average Bonchev–Trinajstić information content (AvgIpc) is 1.53. The van der Waals surface area contributed by atoms with Gasteiger partial charge in [-0.1, -0.05) is 224 Å². The second-order valence-corrected chi connectivity index (χ2v) is 24.2. The van der Waals surface area contributed by atoms with Crippen LogP contribution in [0.5, 0.6) is 11.5 Å². The molecule has 10 aromatic rings. The van der Waals surface area contributed by atoms with Crippen molar-refractivity contribution >= 4 is 41.1 Å². The van der Waals surface area contributed by atoms with E-state index in [1.165, 1.54) is 62.2 Å². The van der Waals surface area contributed by atoms with Crippen molar-refractivity contribution in [3.05, 3.63) is 347 Å². The van der Waals surface area contributed by atoms with E-state index in [0.29, 0.717) is 26.4 Å². The number of carbonyl (C=O) groups is 2. The molecular weight excluding hydrogens is 1140 g/mol. The molecule has 0 spiro atoms. The molecule has 1 N–H and O–H groups in total. The van der Waals surface area contributed by atoms with Crippen LogP contribution in [-0.2, 0) is 56.0 Å². The number of aromatic nitrogens is 2. The standard InChI is InChI=1S/C37H29N3O3.C21H19N3O3.C16H12Cl2/c41-33-19-20-39-34(35(33)43-24-27-13-5-2-6-14-27)36(42)38(23-26-11-3-1-4-12-26)25-40(39)37-30(21-28-15-7-9-17-31(28)37)22-29-16-8-10-18-32(29)37;25-18-11-12-24-19(20(18)27-14-17-9-5-2-6-10-17)21(26)23(15-22-24)13-16-7-3-1-4-8-16;17-15-9-11-5-1-3-7-13(11)16(15,18)14-8-4-2-6-12(14)10-15/h1-21H,22-25H2;1-12,22H,13-15H2;1-8H,9-10H2. The van der Waals surface area contributed by atoms with E-state index in [0.717, 1.165) is 41.5 Å². The summed E-state index contributed by atoms with van der Waals surface area (Å²) in [6.07, 6.45) is 8.10. The van der Waals surface area contributed by atoms with E-state index >= 15 is 0 Å². The van der Waals surface area contributed by atoms with Crippen LogP contribution in [-0.4, -0.2) is 49.2 Å². The number of nitrogens with zero attached hydrogens (tertiary/aromatic N) is 5. The summed E-state index contributed by atoms with van der Waals surface area (Å²) >= 11 is 13.9. The third kappa shape index (κ3) is 9.73. The number of nitrogens with one attached hydrogen (secondary N) is 1. The van der Waals surface area contributed by atoms with Gasteiger partial charge in [-0.25, -0.2) is 0 Å². The lowest BCUT2D eigenvalue weighted by Gasteiger charge is -2.49. The highest BCUT2D eigenvalue weighted by Gasteiger charge is 2.61. The summed E-state index contributed by atoms with van der Waals surface area (Å²) in [6.45, 7) is 1.92. The molecule has 0 fully saturated rings. The molecule has 0 saturated heterocycles. The maximum atomic E-state index is 14.4. The molecule has 16 rings (SSSR count). The van der Waals surface area contributed by atoms with Gasteiger partial charge in [-0.05, 0) is 91.6 Å². The number of alkyl halides is 2. The molecule has 0 bridgehead atoms. The fraction of sp³-hybridized carbons (Fsp3) is 0.162. The Bertz CT molecular complexity index is 4410. The topological polar surface area (TPSA) is 118 Å². The van der Waals surface area contributed by atoms with E-state index in [9.17, 15) is 19.2 Å². The van der Waals surface area contributed by atoms with Crippen LogP contribution in [0.2, 0.25) is 0 Å². The summed E-state index contributed by atoms with van der Waals surface area (Å²) in [7, 11) is 0. The van der Waals surface area contributed by atoms with E-state index in [1.54, 1.807) is 22.0 Å². The molecular formula is C74H60Cl2N6O6. The average molecular weight is 1200 g/mol. The summed E-state index contributed by atoms with van der Waals surface area (Å²) in [4.78, 5) is 55.8. The number of ether oxygens (including phenoxy) is 2. The summed E-state index contributed by atoms with van der Waals surface area (Å²) in [5, 5.41) is 2.25. The lowest BCUT2D eigenvalue weighted by atomic mass is 9.83. The molecule has 6 aliphatic rings. The maximum absolute atomic E-state index is 14.4. The molecule has 2 amide bonds. The van der Waals surface area contributed by atoms with Crippen LogP contribution in [0.4, 0.5) is 0 Å². The highest BCUT2D eigenvalue weighted by molar-refractivity contribution is 6.38. The number of amides is 2. The molecule has 0 radical (unpaired) electrons. The van der Waals surface area contributed by atoms with Crippen LogP contribution in [0.1, 0.15) is 87.7 Å². The van der Waals surface area contributed by atoms with Crippen molar-refractivity contribution in [1.82, 2.24) is 19.2 Å². The molecule has 8 aromatic carbocycles. The van der Waals surface area contributed by atoms with E-state index in [2.05, 4.69) is 101 Å². The summed E-state index contributed by atoms with van der Waals surface area (Å²) < 4.78 is 15.4. The van der Waals surface area contributed by atoms with Gasteiger partial charge in [0.25, 0.3) is 11.8 Å². The molecule has 14 heteroatoms. The van der Waals surface area contributed by atoms with Gasteiger partial charge in [0.15, 0.2) is 22.9 Å². The molecule has 0 saturated carbocycles. The first-order chi connectivity index (χ1) is 43.0. The first kappa shape index (κ1) is 56.0. The smallest absolute Gasteiger partial charge is 0.278 e. The Labute approximate surface area is 519 Å². The number of carbonyl (C=O) groups excluding carboxylic acids is 2. The van der Waals surface area contributed by atoms with Crippen molar-refractivity contribution in [3.63, 3.8) is 0 Å². The van der Waals surface area contributed by atoms with E-state index < -0.39 is 15.3 Å². The van der Waals surface area contributed by atoms with Crippen molar-refractivity contribution in [2.24, 2.45) is 0 Å². The second-order valence-electron chi connectivity index (χ2n) is 22.9. The van der Waals surface area contributed by atoms with Crippen molar-refractivity contribution < 1.29 is 19.1 Å². The van der Waals surface area contributed by atoms with Crippen molar-refractivity contribution in [2.45, 2.75) is 60.9 Å². The molecule has 4 heterocycles. The number of halogens is 2. The fourth-order valence-electron chi connectivity index (χ4n) is 13.6. The highest BCUT2D eigenvalue weighted by atomic mass is 35.5. The van der Waals surface area contributed by atoms with E-state index in [-0.39, 0.29) is 58.8 Å². The molecule has 2 aromatic heterocycles. The van der Waals surface area contributed by atoms with E-state index in [4.69, 9.17) is 32.7 Å². The molecule has 1 atom stereocenters. The van der Waals surface area contributed by atoms with Gasteiger partial charge in [0, 0.05) is 37.6 Å². The Kier molecular flexibility index (Phi) is 14.7. The lowest BCUT2D eigenvalue weighted by molar-refractivity contribution is 0.0648. The number of benzene rings is 8. The highest BCUT2D eigenvalue weighted by Crippen LogP contribution is 2.62.